The topological polar surface area (TPSA) is 64.8 Å². The molecule has 0 N–H and O–H groups in total. The Balaban J connectivity index is 2.82. The van der Waals surface area contributed by atoms with E-state index >= 15 is 0 Å². The van der Waals surface area contributed by atoms with Crippen LogP contribution in [0.2, 0.25) is 0 Å². The SMILES string of the molecule is COc1ccc([N+](=O)[O-])c(OCCN(C)C)c1. The number of nitro groups is 1. The Hall–Kier alpha value is -1.82. The summed E-state index contributed by atoms with van der Waals surface area (Å²) >= 11 is 0. The van der Waals surface area contributed by atoms with E-state index in [-0.39, 0.29) is 11.4 Å². The fraction of sp³-hybridized carbons (Fsp3) is 0.455. The van der Waals surface area contributed by atoms with E-state index in [4.69, 9.17) is 9.47 Å². The minimum Gasteiger partial charge on any atom is -0.497 e. The van der Waals surface area contributed by atoms with Gasteiger partial charge in [0.25, 0.3) is 0 Å². The van der Waals surface area contributed by atoms with Crippen LogP contribution >= 0.6 is 0 Å². The van der Waals surface area contributed by atoms with Gasteiger partial charge >= 0.3 is 5.69 Å². The van der Waals surface area contributed by atoms with Crippen LogP contribution in [0.15, 0.2) is 18.2 Å². The van der Waals surface area contributed by atoms with Gasteiger partial charge in [0, 0.05) is 18.7 Å². The molecule has 0 unspecified atom stereocenters. The van der Waals surface area contributed by atoms with Crippen molar-refractivity contribution >= 4 is 5.69 Å². The fourth-order valence-corrected chi connectivity index (χ4v) is 1.23. The van der Waals surface area contributed by atoms with Crippen LogP contribution in [0.3, 0.4) is 0 Å². The third-order valence-electron chi connectivity index (χ3n) is 2.16. The van der Waals surface area contributed by atoms with Gasteiger partial charge in [0.1, 0.15) is 12.4 Å². The second-order valence-electron chi connectivity index (χ2n) is 3.74. The maximum atomic E-state index is 10.8. The molecule has 0 saturated carbocycles. The van der Waals surface area contributed by atoms with Gasteiger partial charge in [-0.2, -0.15) is 0 Å². The fourth-order valence-electron chi connectivity index (χ4n) is 1.23. The highest BCUT2D eigenvalue weighted by molar-refractivity contribution is 5.50. The molecule has 0 aliphatic carbocycles. The molecule has 6 heteroatoms. The average Bonchev–Trinajstić information content (AvgIpc) is 2.28. The number of likely N-dealkylation sites (N-methyl/N-ethyl adjacent to an activating group) is 1. The lowest BCUT2D eigenvalue weighted by molar-refractivity contribution is -0.385. The Morgan fingerprint density at radius 1 is 1.41 bits per heavy atom. The van der Waals surface area contributed by atoms with Gasteiger partial charge in [0.05, 0.1) is 12.0 Å². The summed E-state index contributed by atoms with van der Waals surface area (Å²) in [5.41, 5.74) is -0.0513. The maximum absolute atomic E-state index is 10.8. The number of nitrogens with zero attached hydrogens (tertiary/aromatic N) is 2. The molecule has 0 fully saturated rings. The molecular weight excluding hydrogens is 224 g/mol. The number of hydrogen-bond donors (Lipinski definition) is 0. The molecule has 17 heavy (non-hydrogen) atoms. The summed E-state index contributed by atoms with van der Waals surface area (Å²) in [4.78, 5) is 12.3. The van der Waals surface area contributed by atoms with E-state index in [2.05, 4.69) is 0 Å². The first kappa shape index (κ1) is 13.2. The Morgan fingerprint density at radius 3 is 2.65 bits per heavy atom. The van der Waals surface area contributed by atoms with E-state index in [9.17, 15) is 10.1 Å². The summed E-state index contributed by atoms with van der Waals surface area (Å²) in [7, 11) is 5.32. The van der Waals surface area contributed by atoms with Gasteiger partial charge in [-0.3, -0.25) is 10.1 Å². The summed E-state index contributed by atoms with van der Waals surface area (Å²) in [6.45, 7) is 1.08. The number of nitro benzene ring substituents is 1. The highest BCUT2D eigenvalue weighted by atomic mass is 16.6. The Kier molecular flexibility index (Phi) is 4.71. The molecule has 0 atom stereocenters. The van der Waals surface area contributed by atoms with E-state index in [0.29, 0.717) is 18.9 Å². The lowest BCUT2D eigenvalue weighted by Gasteiger charge is -2.11. The summed E-state index contributed by atoms with van der Waals surface area (Å²) in [6, 6.07) is 4.44. The zero-order valence-corrected chi connectivity index (χ0v) is 10.2. The Bertz CT molecular complexity index is 393. The van der Waals surface area contributed by atoms with E-state index in [0.717, 1.165) is 0 Å². The predicted molar refractivity (Wildman–Crippen MR) is 63.7 cm³/mol. The van der Waals surface area contributed by atoms with Crippen LogP contribution in [0.5, 0.6) is 11.5 Å². The molecule has 0 bridgehead atoms. The van der Waals surface area contributed by atoms with Crippen molar-refractivity contribution in [1.82, 2.24) is 4.90 Å². The van der Waals surface area contributed by atoms with Crippen molar-refractivity contribution in [3.8, 4) is 11.5 Å². The Morgan fingerprint density at radius 2 is 2.12 bits per heavy atom. The van der Waals surface area contributed by atoms with Crippen molar-refractivity contribution in [3.63, 3.8) is 0 Å². The first-order valence-corrected chi connectivity index (χ1v) is 5.14. The van der Waals surface area contributed by atoms with Gasteiger partial charge in [0.2, 0.25) is 5.75 Å². The zero-order valence-electron chi connectivity index (χ0n) is 10.2. The van der Waals surface area contributed by atoms with Crippen LogP contribution in [0.4, 0.5) is 5.69 Å². The molecule has 0 aromatic heterocycles. The average molecular weight is 240 g/mol. The lowest BCUT2D eigenvalue weighted by Crippen LogP contribution is -2.19. The molecule has 0 saturated heterocycles. The monoisotopic (exact) mass is 240 g/mol. The van der Waals surface area contributed by atoms with Crippen molar-refractivity contribution in [2.75, 3.05) is 34.4 Å². The Labute approximate surface area is 99.9 Å². The first-order valence-electron chi connectivity index (χ1n) is 5.14. The van der Waals surface area contributed by atoms with E-state index < -0.39 is 4.92 Å². The minimum absolute atomic E-state index is 0.0513. The van der Waals surface area contributed by atoms with Crippen molar-refractivity contribution in [3.05, 3.63) is 28.3 Å². The zero-order chi connectivity index (χ0) is 12.8. The van der Waals surface area contributed by atoms with Crippen LogP contribution in [0.25, 0.3) is 0 Å². The van der Waals surface area contributed by atoms with E-state index in [1.807, 2.05) is 19.0 Å². The molecule has 0 amide bonds. The summed E-state index contributed by atoms with van der Waals surface area (Å²) < 4.78 is 10.4. The summed E-state index contributed by atoms with van der Waals surface area (Å²) in [5.74, 6) is 0.770. The molecule has 94 valence electrons. The maximum Gasteiger partial charge on any atom is 0.311 e. The van der Waals surface area contributed by atoms with Crippen LogP contribution in [-0.4, -0.2) is 44.2 Å². The molecule has 0 aliphatic rings. The molecule has 1 rings (SSSR count). The highest BCUT2D eigenvalue weighted by Crippen LogP contribution is 2.30. The van der Waals surface area contributed by atoms with Crippen molar-refractivity contribution in [1.29, 1.82) is 0 Å². The van der Waals surface area contributed by atoms with Crippen molar-refractivity contribution in [2.24, 2.45) is 0 Å². The van der Waals surface area contributed by atoms with E-state index in [1.54, 1.807) is 0 Å². The van der Waals surface area contributed by atoms with Crippen LogP contribution < -0.4 is 9.47 Å². The predicted octanol–water partition coefficient (Wildman–Crippen LogP) is 1.54. The number of rotatable bonds is 6. The smallest absolute Gasteiger partial charge is 0.311 e. The quantitative estimate of drug-likeness (QED) is 0.557. The van der Waals surface area contributed by atoms with Crippen LogP contribution in [0.1, 0.15) is 0 Å². The number of hydrogen-bond acceptors (Lipinski definition) is 5. The van der Waals surface area contributed by atoms with Crippen molar-refractivity contribution < 1.29 is 14.4 Å². The molecule has 6 nitrogen and oxygen atoms in total. The lowest BCUT2D eigenvalue weighted by atomic mass is 10.3. The number of methoxy groups -OCH3 is 1. The van der Waals surface area contributed by atoms with Gasteiger partial charge in [0.15, 0.2) is 0 Å². The third-order valence-corrected chi connectivity index (χ3v) is 2.16. The molecule has 0 radical (unpaired) electrons. The standard InChI is InChI=1S/C11H16N2O4/c1-12(2)6-7-17-11-8-9(16-3)4-5-10(11)13(14)15/h4-5,8H,6-7H2,1-3H3. The highest BCUT2D eigenvalue weighted by Gasteiger charge is 2.15. The van der Waals surface area contributed by atoms with E-state index in [1.165, 1.54) is 25.3 Å². The van der Waals surface area contributed by atoms with Crippen LogP contribution in [0, 0.1) is 10.1 Å². The minimum atomic E-state index is -0.468. The molecule has 0 heterocycles. The molecular formula is C11H16N2O4. The summed E-state index contributed by atoms with van der Waals surface area (Å²) in [5, 5.41) is 10.8. The largest absolute Gasteiger partial charge is 0.497 e. The number of benzene rings is 1. The van der Waals surface area contributed by atoms with Crippen LogP contribution in [-0.2, 0) is 0 Å². The molecule has 0 spiro atoms. The van der Waals surface area contributed by atoms with Gasteiger partial charge in [-0.15, -0.1) is 0 Å². The molecule has 1 aromatic rings. The second kappa shape index (κ2) is 6.05. The van der Waals surface area contributed by atoms with Crippen molar-refractivity contribution in [2.45, 2.75) is 0 Å². The van der Waals surface area contributed by atoms with Gasteiger partial charge < -0.3 is 14.4 Å². The second-order valence-corrected chi connectivity index (χ2v) is 3.74. The van der Waals surface area contributed by atoms with Gasteiger partial charge in [-0.1, -0.05) is 0 Å². The third kappa shape index (κ3) is 3.92. The molecule has 0 aliphatic heterocycles. The first-order chi connectivity index (χ1) is 8.04. The normalized spacial score (nSPS) is 10.4. The summed E-state index contributed by atoms with van der Waals surface area (Å²) in [6.07, 6.45) is 0. The van der Waals surface area contributed by atoms with Gasteiger partial charge in [-0.05, 0) is 20.2 Å². The number of ether oxygens (including phenoxy) is 2. The molecule has 1 aromatic carbocycles. The van der Waals surface area contributed by atoms with Gasteiger partial charge in [-0.25, -0.2) is 0 Å².